The van der Waals surface area contributed by atoms with Gasteiger partial charge >= 0.3 is 0 Å². The van der Waals surface area contributed by atoms with Crippen LogP contribution in [-0.4, -0.2) is 46.8 Å². The first kappa shape index (κ1) is 20.2. The van der Waals surface area contributed by atoms with Crippen LogP contribution in [-0.2, 0) is 11.2 Å². The second kappa shape index (κ2) is 8.75. The third kappa shape index (κ3) is 4.11. The van der Waals surface area contributed by atoms with Gasteiger partial charge in [-0.25, -0.2) is 9.37 Å². The zero-order valence-corrected chi connectivity index (χ0v) is 17.4. The molecule has 3 heterocycles. The Morgan fingerprint density at radius 3 is 2.93 bits per heavy atom. The molecule has 0 aliphatic carbocycles. The van der Waals surface area contributed by atoms with E-state index in [1.54, 1.807) is 24.5 Å². The zero-order chi connectivity index (χ0) is 21.1. The predicted octanol–water partition coefficient (Wildman–Crippen LogP) is 3.28. The highest BCUT2D eigenvalue weighted by Gasteiger charge is 2.16. The number of aldehydes is 1. The number of nitrogens with zero attached hydrogens (tertiary/aromatic N) is 4. The van der Waals surface area contributed by atoms with E-state index in [0.717, 1.165) is 55.8 Å². The van der Waals surface area contributed by atoms with Crippen LogP contribution in [0.1, 0.15) is 35.9 Å². The van der Waals surface area contributed by atoms with Crippen LogP contribution in [0.3, 0.4) is 0 Å². The molecule has 6 nitrogen and oxygen atoms in total. The zero-order valence-electron chi connectivity index (χ0n) is 17.4. The van der Waals surface area contributed by atoms with Crippen LogP contribution in [0.25, 0.3) is 17.3 Å². The summed E-state index contributed by atoms with van der Waals surface area (Å²) in [6, 6.07) is 3.62. The van der Waals surface area contributed by atoms with Crippen LogP contribution >= 0.6 is 0 Å². The van der Waals surface area contributed by atoms with Gasteiger partial charge in [0.2, 0.25) is 0 Å². The van der Waals surface area contributed by atoms with Crippen molar-refractivity contribution < 1.29 is 9.18 Å². The summed E-state index contributed by atoms with van der Waals surface area (Å²) in [6.07, 6.45) is 9.31. The van der Waals surface area contributed by atoms with Gasteiger partial charge in [-0.2, -0.15) is 0 Å². The molecule has 4 rings (SSSR count). The summed E-state index contributed by atoms with van der Waals surface area (Å²) < 4.78 is 17.0. The Morgan fingerprint density at radius 2 is 2.13 bits per heavy atom. The van der Waals surface area contributed by atoms with Crippen molar-refractivity contribution in [3.05, 3.63) is 59.1 Å². The van der Waals surface area contributed by atoms with E-state index in [1.807, 2.05) is 30.5 Å². The van der Waals surface area contributed by atoms with Gasteiger partial charge in [0.05, 0.1) is 17.6 Å². The standard InChI is InChI=1S/C23H26FN5O/c1-3-17-9-19(28-7-4-5-25-6-8-28)11-21(24)20(17)10-18(15-30)22-14-29-13-16(2)26-12-23(29)27-22/h9-15,25H,3-8H2,1-2H3/b18-10+. The molecule has 2 aromatic heterocycles. The minimum Gasteiger partial charge on any atom is -0.370 e. The molecule has 0 saturated carbocycles. The van der Waals surface area contributed by atoms with Crippen molar-refractivity contribution in [2.24, 2.45) is 0 Å². The summed E-state index contributed by atoms with van der Waals surface area (Å²) in [6.45, 7) is 7.52. The minimum atomic E-state index is -0.317. The third-order valence-corrected chi connectivity index (χ3v) is 5.48. The molecule has 1 fully saturated rings. The number of carbonyl (C=O) groups excluding carboxylic acids is 1. The molecule has 0 atom stereocenters. The Kier molecular flexibility index (Phi) is 5.90. The summed E-state index contributed by atoms with van der Waals surface area (Å²) in [5.74, 6) is -0.317. The van der Waals surface area contributed by atoms with Crippen molar-refractivity contribution in [3.8, 4) is 0 Å². The Morgan fingerprint density at radius 1 is 1.27 bits per heavy atom. The molecule has 0 unspecified atom stereocenters. The fourth-order valence-electron chi connectivity index (χ4n) is 3.86. The van der Waals surface area contributed by atoms with Crippen molar-refractivity contribution in [1.29, 1.82) is 0 Å². The largest absolute Gasteiger partial charge is 0.370 e. The summed E-state index contributed by atoms with van der Waals surface area (Å²) in [7, 11) is 0. The van der Waals surface area contributed by atoms with Gasteiger partial charge in [-0.05, 0) is 50.1 Å². The van der Waals surface area contributed by atoms with Crippen LogP contribution < -0.4 is 10.2 Å². The fourth-order valence-corrected chi connectivity index (χ4v) is 3.86. The summed E-state index contributed by atoms with van der Waals surface area (Å²) in [5, 5.41) is 3.37. The lowest BCUT2D eigenvalue weighted by Gasteiger charge is -2.24. The number of anilines is 1. The van der Waals surface area contributed by atoms with Crippen LogP contribution in [0.4, 0.5) is 10.1 Å². The number of aromatic nitrogens is 3. The molecule has 1 saturated heterocycles. The maximum absolute atomic E-state index is 15.2. The van der Waals surface area contributed by atoms with E-state index in [2.05, 4.69) is 20.2 Å². The Labute approximate surface area is 175 Å². The van der Waals surface area contributed by atoms with Gasteiger partial charge in [0.15, 0.2) is 11.9 Å². The van der Waals surface area contributed by atoms with Crippen molar-refractivity contribution in [2.75, 3.05) is 31.1 Å². The molecule has 0 amide bonds. The van der Waals surface area contributed by atoms with Crippen LogP contribution in [0.5, 0.6) is 0 Å². The van der Waals surface area contributed by atoms with Crippen molar-refractivity contribution in [2.45, 2.75) is 26.7 Å². The molecule has 7 heteroatoms. The number of imidazole rings is 1. The molecule has 1 aliphatic heterocycles. The van der Waals surface area contributed by atoms with Gasteiger partial charge in [-0.3, -0.25) is 9.78 Å². The van der Waals surface area contributed by atoms with Gasteiger partial charge < -0.3 is 14.6 Å². The smallest absolute Gasteiger partial charge is 0.155 e. The van der Waals surface area contributed by atoms with E-state index in [1.165, 1.54) is 0 Å². The molecular weight excluding hydrogens is 381 g/mol. The molecule has 3 aromatic rings. The fraction of sp³-hybridized carbons (Fsp3) is 0.348. The van der Waals surface area contributed by atoms with Crippen molar-refractivity contribution in [3.63, 3.8) is 0 Å². The van der Waals surface area contributed by atoms with Crippen LogP contribution in [0.2, 0.25) is 0 Å². The lowest BCUT2D eigenvalue weighted by atomic mass is 10.00. The minimum absolute atomic E-state index is 0.317. The molecule has 1 aromatic carbocycles. The first-order valence-corrected chi connectivity index (χ1v) is 10.4. The van der Waals surface area contributed by atoms with Crippen molar-refractivity contribution in [1.82, 2.24) is 19.7 Å². The average Bonchev–Trinajstić information content (AvgIpc) is 2.96. The highest BCUT2D eigenvalue weighted by molar-refractivity contribution is 6.13. The van der Waals surface area contributed by atoms with E-state index in [9.17, 15) is 4.79 Å². The molecule has 30 heavy (non-hydrogen) atoms. The molecule has 156 valence electrons. The van der Waals surface area contributed by atoms with Gasteiger partial charge in [-0.15, -0.1) is 0 Å². The number of hydrogen-bond acceptors (Lipinski definition) is 5. The topological polar surface area (TPSA) is 62.5 Å². The second-order valence-electron chi connectivity index (χ2n) is 7.58. The lowest BCUT2D eigenvalue weighted by molar-refractivity contribution is -0.103. The number of fused-ring (bicyclic) bond motifs is 1. The number of carbonyl (C=O) groups is 1. The molecule has 0 radical (unpaired) electrons. The number of halogens is 1. The maximum atomic E-state index is 15.2. The molecule has 1 aliphatic rings. The first-order chi connectivity index (χ1) is 14.6. The van der Waals surface area contributed by atoms with Gasteiger partial charge in [0.25, 0.3) is 0 Å². The summed E-state index contributed by atoms with van der Waals surface area (Å²) in [4.78, 5) is 22.8. The number of aryl methyl sites for hydroxylation is 2. The first-order valence-electron chi connectivity index (χ1n) is 10.4. The van der Waals surface area contributed by atoms with Gasteiger partial charge in [0, 0.05) is 48.9 Å². The van der Waals surface area contributed by atoms with Gasteiger partial charge in [0.1, 0.15) is 5.82 Å². The van der Waals surface area contributed by atoms with E-state index in [-0.39, 0.29) is 5.82 Å². The lowest BCUT2D eigenvalue weighted by Crippen LogP contribution is -2.28. The van der Waals surface area contributed by atoms with Crippen LogP contribution in [0.15, 0.2) is 30.7 Å². The highest BCUT2D eigenvalue weighted by Crippen LogP contribution is 2.27. The van der Waals surface area contributed by atoms with Crippen LogP contribution in [0, 0.1) is 12.7 Å². The van der Waals surface area contributed by atoms with Gasteiger partial charge in [-0.1, -0.05) is 6.92 Å². The average molecular weight is 407 g/mol. The summed E-state index contributed by atoms with van der Waals surface area (Å²) >= 11 is 0. The number of rotatable bonds is 5. The number of nitrogens with one attached hydrogen (secondary N) is 1. The third-order valence-electron chi connectivity index (χ3n) is 5.48. The van der Waals surface area contributed by atoms with E-state index >= 15 is 4.39 Å². The normalized spacial score (nSPS) is 15.4. The molecule has 0 spiro atoms. The molecule has 0 bridgehead atoms. The quantitative estimate of drug-likeness (QED) is 0.520. The molecule has 1 N–H and O–H groups in total. The number of benzene rings is 1. The number of hydrogen-bond donors (Lipinski definition) is 1. The highest BCUT2D eigenvalue weighted by atomic mass is 19.1. The second-order valence-corrected chi connectivity index (χ2v) is 7.58. The van der Waals surface area contributed by atoms with E-state index in [4.69, 9.17) is 0 Å². The van der Waals surface area contributed by atoms with Crippen molar-refractivity contribution >= 4 is 29.3 Å². The van der Waals surface area contributed by atoms with E-state index < -0.39 is 0 Å². The monoisotopic (exact) mass is 407 g/mol. The SMILES string of the molecule is CCc1cc(N2CCCNCC2)cc(F)c1/C=C(\C=O)c1cn2cc(C)ncc2n1. The summed E-state index contributed by atoms with van der Waals surface area (Å²) in [5.41, 5.74) is 4.56. The predicted molar refractivity (Wildman–Crippen MR) is 117 cm³/mol. The Hall–Kier alpha value is -3.06. The van der Waals surface area contributed by atoms with E-state index in [0.29, 0.717) is 28.9 Å². The number of allylic oxidation sites excluding steroid dienone is 1. The Bertz CT molecular complexity index is 1100. The Balaban J connectivity index is 1.73. The molecular formula is C23H26FN5O. The maximum Gasteiger partial charge on any atom is 0.155 e.